The van der Waals surface area contributed by atoms with Crippen LogP contribution < -0.4 is 14.2 Å². The number of ketones is 1. The highest BCUT2D eigenvalue weighted by Gasteiger charge is 2.46. The van der Waals surface area contributed by atoms with Crippen LogP contribution in [0.1, 0.15) is 22.9 Å². The number of benzene rings is 2. The summed E-state index contributed by atoms with van der Waals surface area (Å²) < 4.78 is 21.3. The summed E-state index contributed by atoms with van der Waals surface area (Å²) in [5, 5.41) is 11.3. The van der Waals surface area contributed by atoms with Gasteiger partial charge in [0.2, 0.25) is 0 Å². The quantitative estimate of drug-likeness (QED) is 0.332. The zero-order valence-corrected chi connectivity index (χ0v) is 18.4. The molecule has 1 aliphatic heterocycles. The number of aliphatic hydroxyl groups excluding tert-OH is 1. The van der Waals surface area contributed by atoms with Gasteiger partial charge in [0.15, 0.2) is 0 Å². The Balaban J connectivity index is 1.90. The van der Waals surface area contributed by atoms with Crippen molar-refractivity contribution in [2.24, 2.45) is 0 Å². The molecule has 8 heteroatoms. The first-order valence-electron chi connectivity index (χ1n) is 10.2. The van der Waals surface area contributed by atoms with Gasteiger partial charge < -0.3 is 28.6 Å². The van der Waals surface area contributed by atoms with Crippen molar-refractivity contribution in [3.05, 3.63) is 83.3 Å². The average Bonchev–Trinajstić information content (AvgIpc) is 3.45. The van der Waals surface area contributed by atoms with Crippen LogP contribution in [-0.4, -0.2) is 43.0 Å². The van der Waals surface area contributed by atoms with Crippen molar-refractivity contribution in [3.8, 4) is 17.2 Å². The molecule has 1 saturated heterocycles. The number of ether oxygens (including phenoxy) is 3. The second kappa shape index (κ2) is 9.12. The maximum atomic E-state index is 13.2. The largest absolute Gasteiger partial charge is 0.507 e. The van der Waals surface area contributed by atoms with E-state index in [0.29, 0.717) is 28.6 Å². The fraction of sp³-hybridized carbons (Fsp3) is 0.200. The Kier molecular flexibility index (Phi) is 6.08. The molecule has 1 N–H and O–H groups in total. The van der Waals surface area contributed by atoms with Crippen molar-refractivity contribution in [2.75, 3.05) is 21.3 Å². The van der Waals surface area contributed by atoms with E-state index in [1.807, 2.05) is 0 Å². The summed E-state index contributed by atoms with van der Waals surface area (Å²) in [6.07, 6.45) is 1.50. The lowest BCUT2D eigenvalue weighted by molar-refractivity contribution is -0.140. The van der Waals surface area contributed by atoms with Gasteiger partial charge in [-0.15, -0.1) is 0 Å². The number of nitrogens with zero attached hydrogens (tertiary/aromatic N) is 1. The normalized spacial score (nSPS) is 17.3. The van der Waals surface area contributed by atoms with Crippen LogP contribution in [0, 0.1) is 0 Å². The van der Waals surface area contributed by atoms with E-state index in [0.717, 1.165) is 0 Å². The molecule has 1 fully saturated rings. The predicted octanol–water partition coefficient (Wildman–Crippen LogP) is 3.93. The molecule has 1 atom stereocenters. The summed E-state index contributed by atoms with van der Waals surface area (Å²) in [5.41, 5.74) is 0.819. The van der Waals surface area contributed by atoms with E-state index >= 15 is 0 Å². The summed E-state index contributed by atoms with van der Waals surface area (Å²) in [6.45, 7) is 0.0558. The van der Waals surface area contributed by atoms with Gasteiger partial charge in [0.25, 0.3) is 11.7 Å². The van der Waals surface area contributed by atoms with Gasteiger partial charge in [-0.1, -0.05) is 12.1 Å². The van der Waals surface area contributed by atoms with Crippen molar-refractivity contribution in [1.82, 2.24) is 4.90 Å². The lowest BCUT2D eigenvalue weighted by atomic mass is 9.94. The fourth-order valence-electron chi connectivity index (χ4n) is 3.89. The third kappa shape index (κ3) is 4.03. The van der Waals surface area contributed by atoms with Crippen molar-refractivity contribution in [3.63, 3.8) is 0 Å². The number of aliphatic hydroxyl groups is 1. The van der Waals surface area contributed by atoms with Gasteiger partial charge >= 0.3 is 0 Å². The molecule has 8 nitrogen and oxygen atoms in total. The van der Waals surface area contributed by atoms with Gasteiger partial charge in [0, 0.05) is 0 Å². The van der Waals surface area contributed by atoms with Crippen LogP contribution in [0.4, 0.5) is 0 Å². The molecule has 0 saturated carbocycles. The van der Waals surface area contributed by atoms with E-state index in [9.17, 15) is 14.7 Å². The first-order valence-corrected chi connectivity index (χ1v) is 10.2. The number of Topliss-reactive ketones (excluding diaryl/α,β-unsaturated/α-hetero) is 1. The Bertz CT molecular complexity index is 1200. The minimum atomic E-state index is -0.850. The van der Waals surface area contributed by atoms with Gasteiger partial charge in [0.1, 0.15) is 28.8 Å². The van der Waals surface area contributed by atoms with Gasteiger partial charge in [-0.25, -0.2) is 0 Å². The van der Waals surface area contributed by atoms with Crippen LogP contribution in [-0.2, 0) is 16.1 Å². The summed E-state index contributed by atoms with van der Waals surface area (Å²) in [7, 11) is 4.49. The van der Waals surface area contributed by atoms with Crippen LogP contribution >= 0.6 is 0 Å². The molecule has 1 aromatic heterocycles. The third-order valence-electron chi connectivity index (χ3n) is 5.54. The minimum absolute atomic E-state index is 0.0525. The van der Waals surface area contributed by atoms with Gasteiger partial charge in [0.05, 0.1) is 51.3 Å². The maximum absolute atomic E-state index is 13.2. The number of carbonyl (C=O) groups excluding carboxylic acids is 2. The number of furan rings is 1. The molecule has 3 aromatic rings. The number of hydrogen-bond donors (Lipinski definition) is 1. The second-order valence-corrected chi connectivity index (χ2v) is 7.35. The lowest BCUT2D eigenvalue weighted by Crippen LogP contribution is -2.29. The smallest absolute Gasteiger partial charge is 0.296 e. The summed E-state index contributed by atoms with van der Waals surface area (Å²) in [4.78, 5) is 27.6. The average molecular weight is 449 g/mol. The van der Waals surface area contributed by atoms with E-state index in [-0.39, 0.29) is 23.4 Å². The summed E-state index contributed by atoms with van der Waals surface area (Å²) >= 11 is 0. The molecule has 1 aliphatic rings. The monoisotopic (exact) mass is 449 g/mol. The SMILES string of the molecule is COc1ccc(C2/C(=C(\O)c3cc(OC)ccc3OC)C(=O)C(=O)N2Cc2ccco2)cc1. The molecule has 0 radical (unpaired) electrons. The van der Waals surface area contributed by atoms with Gasteiger partial charge in [-0.3, -0.25) is 9.59 Å². The van der Waals surface area contributed by atoms with E-state index in [1.165, 1.54) is 25.4 Å². The van der Waals surface area contributed by atoms with Crippen LogP contribution in [0.25, 0.3) is 5.76 Å². The van der Waals surface area contributed by atoms with Crippen molar-refractivity contribution >= 4 is 17.4 Å². The van der Waals surface area contributed by atoms with Crippen molar-refractivity contribution in [2.45, 2.75) is 12.6 Å². The molecule has 1 unspecified atom stereocenters. The predicted molar refractivity (Wildman–Crippen MR) is 119 cm³/mol. The number of hydrogen-bond acceptors (Lipinski definition) is 7. The van der Waals surface area contributed by atoms with Crippen molar-refractivity contribution in [1.29, 1.82) is 0 Å². The molecule has 2 heterocycles. The first kappa shape index (κ1) is 22.0. The molecule has 0 spiro atoms. The Morgan fingerprint density at radius 1 is 0.970 bits per heavy atom. The fourth-order valence-corrected chi connectivity index (χ4v) is 3.89. The molecular formula is C25H23NO7. The van der Waals surface area contributed by atoms with E-state index in [1.54, 1.807) is 61.7 Å². The van der Waals surface area contributed by atoms with Crippen LogP contribution in [0.3, 0.4) is 0 Å². The Morgan fingerprint density at radius 2 is 1.67 bits per heavy atom. The standard InChI is InChI=1S/C25H23NO7/c1-30-16-8-6-15(7-9-16)22-21(23(27)19-13-17(31-2)10-11-20(19)32-3)24(28)25(29)26(22)14-18-5-4-12-33-18/h4-13,22,27H,14H2,1-3H3/b23-21+. The molecule has 0 aliphatic carbocycles. The Morgan fingerprint density at radius 3 is 2.27 bits per heavy atom. The van der Waals surface area contributed by atoms with Crippen molar-refractivity contribution < 1.29 is 33.3 Å². The molecule has 33 heavy (non-hydrogen) atoms. The molecule has 0 bridgehead atoms. The molecule has 1 amide bonds. The number of methoxy groups -OCH3 is 3. The molecule has 2 aromatic carbocycles. The van der Waals surface area contributed by atoms with E-state index in [4.69, 9.17) is 18.6 Å². The highest BCUT2D eigenvalue weighted by atomic mass is 16.5. The van der Waals surface area contributed by atoms with Crippen LogP contribution in [0.5, 0.6) is 17.2 Å². The van der Waals surface area contributed by atoms with E-state index < -0.39 is 17.7 Å². The number of carbonyl (C=O) groups is 2. The zero-order chi connectivity index (χ0) is 23.5. The Hall–Kier alpha value is -4.20. The number of rotatable bonds is 7. The van der Waals surface area contributed by atoms with Gasteiger partial charge in [-0.05, 0) is 48.0 Å². The van der Waals surface area contributed by atoms with Gasteiger partial charge in [-0.2, -0.15) is 0 Å². The van der Waals surface area contributed by atoms with Crippen LogP contribution in [0.15, 0.2) is 70.9 Å². The topological polar surface area (TPSA) is 98.4 Å². The zero-order valence-electron chi connectivity index (χ0n) is 18.4. The summed E-state index contributed by atoms with van der Waals surface area (Å²) in [5.74, 6) is 0.0278. The lowest BCUT2D eigenvalue weighted by Gasteiger charge is -2.25. The summed E-state index contributed by atoms with van der Waals surface area (Å²) in [6, 6.07) is 14.4. The van der Waals surface area contributed by atoms with Crippen LogP contribution in [0.2, 0.25) is 0 Å². The molecule has 4 rings (SSSR count). The molecular weight excluding hydrogens is 426 g/mol. The highest BCUT2D eigenvalue weighted by Crippen LogP contribution is 2.42. The first-order chi connectivity index (χ1) is 16.0. The number of likely N-dealkylation sites (tertiary alicyclic amines) is 1. The molecule has 170 valence electrons. The highest BCUT2D eigenvalue weighted by molar-refractivity contribution is 6.46. The Labute approximate surface area is 190 Å². The number of amides is 1. The minimum Gasteiger partial charge on any atom is -0.507 e. The third-order valence-corrected chi connectivity index (χ3v) is 5.54. The second-order valence-electron chi connectivity index (χ2n) is 7.35. The van der Waals surface area contributed by atoms with E-state index in [2.05, 4.69) is 0 Å². The maximum Gasteiger partial charge on any atom is 0.296 e.